The van der Waals surface area contributed by atoms with Gasteiger partial charge in [0.2, 0.25) is 0 Å². The van der Waals surface area contributed by atoms with Crippen molar-refractivity contribution < 1.29 is 14.6 Å². The van der Waals surface area contributed by atoms with Gasteiger partial charge in [-0.2, -0.15) is 5.10 Å². The van der Waals surface area contributed by atoms with Crippen molar-refractivity contribution in [2.24, 2.45) is 0 Å². The van der Waals surface area contributed by atoms with Gasteiger partial charge in [0.25, 0.3) is 0 Å². The maximum atomic E-state index is 9.57. The first-order valence-corrected chi connectivity index (χ1v) is 5.44. The molecule has 0 aromatic carbocycles. The van der Waals surface area contributed by atoms with E-state index in [0.29, 0.717) is 26.4 Å². The number of aliphatic hydroxyl groups is 1. The first-order valence-electron chi connectivity index (χ1n) is 4.65. The average Bonchev–Trinajstić information content (AvgIpc) is 2.59. The molecular formula is C9H15BrN2O3. The lowest BCUT2D eigenvalue weighted by molar-refractivity contribution is 0.00597. The second kappa shape index (κ2) is 6.95. The monoisotopic (exact) mass is 278 g/mol. The van der Waals surface area contributed by atoms with Crippen LogP contribution in [-0.2, 0) is 16.0 Å². The first-order chi connectivity index (χ1) is 7.22. The molecule has 0 spiro atoms. The predicted molar refractivity (Wildman–Crippen MR) is 58.6 cm³/mol. The van der Waals surface area contributed by atoms with Crippen LogP contribution >= 0.6 is 15.9 Å². The summed E-state index contributed by atoms with van der Waals surface area (Å²) in [6.45, 7) is 1.76. The number of rotatable bonds is 7. The maximum absolute atomic E-state index is 9.57. The summed E-state index contributed by atoms with van der Waals surface area (Å²) in [5.74, 6) is 0. The van der Waals surface area contributed by atoms with Crippen LogP contribution in [0, 0.1) is 0 Å². The van der Waals surface area contributed by atoms with E-state index in [4.69, 9.17) is 9.47 Å². The van der Waals surface area contributed by atoms with Gasteiger partial charge < -0.3 is 14.6 Å². The van der Waals surface area contributed by atoms with Gasteiger partial charge in [-0.15, -0.1) is 0 Å². The van der Waals surface area contributed by atoms with Crippen molar-refractivity contribution >= 4 is 15.9 Å². The summed E-state index contributed by atoms with van der Waals surface area (Å²) in [5.41, 5.74) is 0. The van der Waals surface area contributed by atoms with Gasteiger partial charge in [-0.1, -0.05) is 0 Å². The minimum atomic E-state index is -0.548. The van der Waals surface area contributed by atoms with Crippen LogP contribution in [0.2, 0.25) is 0 Å². The smallest absolute Gasteiger partial charge is 0.0969 e. The summed E-state index contributed by atoms with van der Waals surface area (Å²) in [5, 5.41) is 13.6. The molecule has 6 heteroatoms. The van der Waals surface area contributed by atoms with Crippen molar-refractivity contribution in [3.05, 3.63) is 16.9 Å². The number of aliphatic hydroxyl groups excluding tert-OH is 1. The molecule has 0 saturated carbocycles. The normalized spacial score (nSPS) is 13.0. The van der Waals surface area contributed by atoms with Gasteiger partial charge in [0.05, 0.1) is 43.1 Å². The molecule has 5 nitrogen and oxygen atoms in total. The Hall–Kier alpha value is -0.430. The molecule has 1 aromatic heterocycles. The topological polar surface area (TPSA) is 56.5 Å². The molecule has 1 unspecified atom stereocenters. The van der Waals surface area contributed by atoms with Crippen LogP contribution in [0.1, 0.15) is 0 Å². The third-order valence-corrected chi connectivity index (χ3v) is 2.15. The fourth-order valence-electron chi connectivity index (χ4n) is 1.07. The lowest BCUT2D eigenvalue weighted by atomic mass is 10.4. The highest BCUT2D eigenvalue weighted by molar-refractivity contribution is 9.10. The van der Waals surface area contributed by atoms with Crippen LogP contribution in [0.5, 0.6) is 0 Å². The van der Waals surface area contributed by atoms with Crippen molar-refractivity contribution in [3.8, 4) is 0 Å². The average molecular weight is 279 g/mol. The molecular weight excluding hydrogens is 264 g/mol. The van der Waals surface area contributed by atoms with Crippen LogP contribution < -0.4 is 0 Å². The van der Waals surface area contributed by atoms with Crippen molar-refractivity contribution in [2.45, 2.75) is 12.6 Å². The van der Waals surface area contributed by atoms with Crippen molar-refractivity contribution in [2.75, 3.05) is 26.9 Å². The van der Waals surface area contributed by atoms with Crippen molar-refractivity contribution in [3.63, 3.8) is 0 Å². The Balaban J connectivity index is 2.15. The molecule has 0 aliphatic heterocycles. The Morgan fingerprint density at radius 2 is 2.40 bits per heavy atom. The number of nitrogens with zero attached hydrogens (tertiary/aromatic N) is 2. The third-order valence-electron chi connectivity index (χ3n) is 1.74. The number of ether oxygens (including phenoxy) is 2. The molecule has 1 heterocycles. The number of aromatic nitrogens is 2. The molecule has 1 N–H and O–H groups in total. The van der Waals surface area contributed by atoms with E-state index in [1.807, 2.05) is 0 Å². The Morgan fingerprint density at radius 1 is 1.60 bits per heavy atom. The van der Waals surface area contributed by atoms with E-state index in [0.717, 1.165) is 4.47 Å². The molecule has 0 amide bonds. The highest BCUT2D eigenvalue weighted by atomic mass is 79.9. The number of halogens is 1. The van der Waals surface area contributed by atoms with Crippen LogP contribution in [0.4, 0.5) is 0 Å². The van der Waals surface area contributed by atoms with Crippen molar-refractivity contribution in [1.82, 2.24) is 9.78 Å². The zero-order valence-electron chi connectivity index (χ0n) is 8.60. The van der Waals surface area contributed by atoms with Gasteiger partial charge in [0.15, 0.2) is 0 Å². The van der Waals surface area contributed by atoms with Crippen LogP contribution in [0.25, 0.3) is 0 Å². The molecule has 1 aromatic rings. The Labute approximate surface area is 97.1 Å². The number of hydrogen-bond acceptors (Lipinski definition) is 4. The molecule has 0 aliphatic rings. The lowest BCUT2D eigenvalue weighted by Crippen LogP contribution is -2.23. The molecule has 15 heavy (non-hydrogen) atoms. The van der Waals surface area contributed by atoms with Crippen molar-refractivity contribution in [1.29, 1.82) is 0 Å². The summed E-state index contributed by atoms with van der Waals surface area (Å²) >= 11 is 3.28. The summed E-state index contributed by atoms with van der Waals surface area (Å²) < 4.78 is 12.6. The lowest BCUT2D eigenvalue weighted by Gasteiger charge is -2.10. The van der Waals surface area contributed by atoms with Gasteiger partial charge in [0, 0.05) is 13.3 Å². The minimum Gasteiger partial charge on any atom is -0.389 e. The Kier molecular flexibility index (Phi) is 5.85. The molecule has 0 aliphatic carbocycles. The molecule has 0 bridgehead atoms. The largest absolute Gasteiger partial charge is 0.389 e. The van der Waals surface area contributed by atoms with Crippen LogP contribution in [-0.4, -0.2) is 47.9 Å². The highest BCUT2D eigenvalue weighted by Crippen LogP contribution is 2.06. The van der Waals surface area contributed by atoms with E-state index >= 15 is 0 Å². The van der Waals surface area contributed by atoms with Gasteiger partial charge in [-0.25, -0.2) is 0 Å². The summed E-state index contributed by atoms with van der Waals surface area (Å²) in [4.78, 5) is 0. The fraction of sp³-hybridized carbons (Fsp3) is 0.667. The zero-order chi connectivity index (χ0) is 11.1. The Bertz CT molecular complexity index is 280. The van der Waals surface area contributed by atoms with Crippen LogP contribution in [0.15, 0.2) is 16.9 Å². The zero-order valence-corrected chi connectivity index (χ0v) is 10.2. The van der Waals surface area contributed by atoms with Crippen LogP contribution in [0.3, 0.4) is 0 Å². The second-order valence-corrected chi connectivity index (χ2v) is 4.02. The van der Waals surface area contributed by atoms with E-state index in [2.05, 4.69) is 21.0 Å². The fourth-order valence-corrected chi connectivity index (χ4v) is 1.40. The minimum absolute atomic E-state index is 0.292. The molecule has 0 fully saturated rings. The van der Waals surface area contributed by atoms with Gasteiger partial charge in [-0.3, -0.25) is 4.68 Å². The van der Waals surface area contributed by atoms with E-state index in [1.54, 1.807) is 24.2 Å². The SMILES string of the molecule is COCCOCC(O)Cn1cc(Br)cn1. The third kappa shape index (κ3) is 5.27. The molecule has 1 rings (SSSR count). The predicted octanol–water partition coefficient (Wildman–Crippen LogP) is 0.669. The highest BCUT2D eigenvalue weighted by Gasteiger charge is 2.06. The molecule has 0 radical (unpaired) electrons. The second-order valence-electron chi connectivity index (χ2n) is 3.10. The van der Waals surface area contributed by atoms with E-state index in [9.17, 15) is 5.11 Å². The van der Waals surface area contributed by atoms with E-state index in [-0.39, 0.29) is 0 Å². The summed E-state index contributed by atoms with van der Waals surface area (Å²) in [6, 6.07) is 0. The molecule has 0 saturated heterocycles. The first kappa shape index (κ1) is 12.6. The summed E-state index contributed by atoms with van der Waals surface area (Å²) in [7, 11) is 1.61. The van der Waals surface area contributed by atoms with Gasteiger partial charge in [0.1, 0.15) is 0 Å². The van der Waals surface area contributed by atoms with Gasteiger partial charge >= 0.3 is 0 Å². The van der Waals surface area contributed by atoms with E-state index in [1.165, 1.54) is 0 Å². The Morgan fingerprint density at radius 3 is 3.00 bits per heavy atom. The summed E-state index contributed by atoms with van der Waals surface area (Å²) in [6.07, 6.45) is 2.94. The number of hydrogen-bond donors (Lipinski definition) is 1. The van der Waals surface area contributed by atoms with E-state index < -0.39 is 6.10 Å². The van der Waals surface area contributed by atoms with Gasteiger partial charge in [-0.05, 0) is 15.9 Å². The maximum Gasteiger partial charge on any atom is 0.0969 e. The number of methoxy groups -OCH3 is 1. The molecule has 1 atom stereocenters. The quantitative estimate of drug-likeness (QED) is 0.745. The standard InChI is InChI=1S/C9H15BrN2O3/c1-14-2-3-15-7-9(13)6-12-5-8(10)4-11-12/h4-5,9,13H,2-3,6-7H2,1H3. The molecule has 86 valence electrons.